The van der Waals surface area contributed by atoms with Crippen LogP contribution < -0.4 is 0 Å². The minimum atomic E-state index is 0.657. The molecule has 20 heavy (non-hydrogen) atoms. The molecule has 0 bridgehead atoms. The lowest BCUT2D eigenvalue weighted by Gasteiger charge is -2.01. The summed E-state index contributed by atoms with van der Waals surface area (Å²) in [6.45, 7) is 1.99. The Labute approximate surface area is 130 Å². The van der Waals surface area contributed by atoms with Crippen molar-refractivity contribution in [1.82, 2.24) is 14.3 Å². The van der Waals surface area contributed by atoms with Gasteiger partial charge in [-0.3, -0.25) is 0 Å². The number of nitriles is 1. The Bertz CT molecular complexity index is 649. The Balaban J connectivity index is 2.11. The van der Waals surface area contributed by atoms with Crippen molar-refractivity contribution >= 4 is 40.7 Å². The van der Waals surface area contributed by atoms with Crippen LogP contribution in [0, 0.1) is 18.3 Å². The van der Waals surface area contributed by atoms with E-state index in [2.05, 4.69) is 15.4 Å². The molecule has 0 radical (unpaired) electrons. The predicted molar refractivity (Wildman–Crippen MR) is 86.0 cm³/mol. The van der Waals surface area contributed by atoms with Gasteiger partial charge in [-0.1, -0.05) is 11.8 Å². The van der Waals surface area contributed by atoms with Gasteiger partial charge in [0.2, 0.25) is 0 Å². The second kappa shape index (κ2) is 6.88. The molecule has 0 aliphatic carbocycles. The highest BCUT2D eigenvalue weighted by Crippen LogP contribution is 2.30. The third kappa shape index (κ3) is 3.82. The van der Waals surface area contributed by atoms with Crippen LogP contribution in [0.15, 0.2) is 16.6 Å². The zero-order valence-corrected chi connectivity index (χ0v) is 13.9. The number of aryl methyl sites for hydroxylation is 1. The predicted octanol–water partition coefficient (Wildman–Crippen LogP) is 3.60. The molecule has 7 heteroatoms. The second-order valence-electron chi connectivity index (χ2n) is 4.26. The third-order valence-electron chi connectivity index (χ3n) is 2.35. The maximum absolute atomic E-state index is 9.30. The van der Waals surface area contributed by atoms with Gasteiger partial charge in [0.1, 0.15) is 16.7 Å². The highest BCUT2D eigenvalue weighted by molar-refractivity contribution is 7.98. The molecule has 0 unspecified atom stereocenters. The molecule has 0 spiro atoms. The molecular weight excluding hydrogens is 308 g/mol. The molecule has 2 aromatic rings. The van der Waals surface area contributed by atoms with Crippen LogP contribution in [0.4, 0.5) is 0 Å². The molecule has 0 saturated carbocycles. The fourth-order valence-corrected chi connectivity index (χ4v) is 3.90. The summed E-state index contributed by atoms with van der Waals surface area (Å²) in [6.07, 6.45) is 3.85. The maximum Gasteiger partial charge on any atom is 0.129 e. The molecule has 0 aliphatic rings. The lowest BCUT2D eigenvalue weighted by molar-refractivity contribution is 0.567. The van der Waals surface area contributed by atoms with E-state index in [1.165, 1.54) is 11.5 Å². The summed E-state index contributed by atoms with van der Waals surface area (Å²) < 4.78 is 4.37. The Morgan fingerprint density at radius 1 is 1.50 bits per heavy atom. The van der Waals surface area contributed by atoms with Crippen LogP contribution in [0.2, 0.25) is 0 Å². The Hall–Kier alpha value is -1.36. The Kier molecular flexibility index (Phi) is 5.17. The van der Waals surface area contributed by atoms with Gasteiger partial charge in [-0.2, -0.15) is 9.64 Å². The molecule has 2 heterocycles. The summed E-state index contributed by atoms with van der Waals surface area (Å²) in [7, 11) is 3.90. The second-order valence-corrected chi connectivity index (χ2v) is 7.10. The normalized spacial score (nSPS) is 10.9. The highest BCUT2D eigenvalue weighted by atomic mass is 32.2. The molecule has 0 aliphatic heterocycles. The average molecular weight is 322 g/mol. The maximum atomic E-state index is 9.30. The zero-order valence-electron chi connectivity index (χ0n) is 11.5. The molecule has 0 saturated heterocycles. The number of rotatable bonds is 5. The fraction of sp³-hybridized carbons (Fsp3) is 0.308. The Morgan fingerprint density at radius 2 is 2.30 bits per heavy atom. The molecule has 0 fully saturated rings. The standard InChI is InChI=1S/C13H14N4S3/c1-9-15-10(7-18-9)8-19-13-11(6-14)12(20-16-13)4-5-17(2)3/h4-5,7H,8H2,1-3H3/b5-4+. The summed E-state index contributed by atoms with van der Waals surface area (Å²) in [6, 6.07) is 2.25. The van der Waals surface area contributed by atoms with Gasteiger partial charge in [-0.25, -0.2) is 4.98 Å². The monoisotopic (exact) mass is 322 g/mol. The van der Waals surface area contributed by atoms with Crippen LogP contribution in [-0.4, -0.2) is 28.4 Å². The highest BCUT2D eigenvalue weighted by Gasteiger charge is 2.13. The van der Waals surface area contributed by atoms with E-state index in [0.29, 0.717) is 5.56 Å². The van der Waals surface area contributed by atoms with Gasteiger partial charge in [0.15, 0.2) is 0 Å². The summed E-state index contributed by atoms with van der Waals surface area (Å²) in [5.41, 5.74) is 1.70. The zero-order chi connectivity index (χ0) is 14.5. The van der Waals surface area contributed by atoms with E-state index in [9.17, 15) is 5.26 Å². The topological polar surface area (TPSA) is 52.8 Å². The van der Waals surface area contributed by atoms with E-state index >= 15 is 0 Å². The molecule has 0 aromatic carbocycles. The van der Waals surface area contributed by atoms with Crippen molar-refractivity contribution in [2.45, 2.75) is 17.7 Å². The van der Waals surface area contributed by atoms with Crippen molar-refractivity contribution in [3.8, 4) is 6.07 Å². The van der Waals surface area contributed by atoms with E-state index in [1.54, 1.807) is 23.1 Å². The first-order valence-corrected chi connectivity index (χ1v) is 8.52. The quantitative estimate of drug-likeness (QED) is 0.787. The molecular formula is C13H14N4S3. The molecule has 4 nitrogen and oxygen atoms in total. The van der Waals surface area contributed by atoms with E-state index in [1.807, 2.05) is 43.6 Å². The minimum Gasteiger partial charge on any atom is -0.383 e. The largest absolute Gasteiger partial charge is 0.383 e. The first-order valence-electron chi connectivity index (χ1n) is 5.88. The molecule has 2 aromatic heterocycles. The van der Waals surface area contributed by atoms with E-state index in [-0.39, 0.29) is 0 Å². The number of hydrogen-bond donors (Lipinski definition) is 0. The van der Waals surface area contributed by atoms with Crippen LogP contribution in [0.5, 0.6) is 0 Å². The molecule has 104 valence electrons. The number of aromatic nitrogens is 2. The molecule has 0 atom stereocenters. The number of thioether (sulfide) groups is 1. The first-order chi connectivity index (χ1) is 9.60. The van der Waals surface area contributed by atoms with E-state index in [0.717, 1.165) is 26.4 Å². The molecule has 2 rings (SSSR count). The van der Waals surface area contributed by atoms with Crippen molar-refractivity contribution in [3.63, 3.8) is 0 Å². The lowest BCUT2D eigenvalue weighted by atomic mass is 10.3. The van der Waals surface area contributed by atoms with Crippen molar-refractivity contribution < 1.29 is 0 Å². The number of hydrogen-bond acceptors (Lipinski definition) is 7. The van der Waals surface area contributed by atoms with Gasteiger partial charge in [-0.15, -0.1) is 11.3 Å². The smallest absolute Gasteiger partial charge is 0.129 e. The van der Waals surface area contributed by atoms with Gasteiger partial charge < -0.3 is 4.90 Å². The summed E-state index contributed by atoms with van der Waals surface area (Å²) in [4.78, 5) is 7.25. The third-order valence-corrected chi connectivity index (χ3v) is 5.10. The summed E-state index contributed by atoms with van der Waals surface area (Å²) in [5, 5.41) is 13.2. The van der Waals surface area contributed by atoms with Gasteiger partial charge in [0, 0.05) is 31.4 Å². The minimum absolute atomic E-state index is 0.657. The van der Waals surface area contributed by atoms with Gasteiger partial charge in [0.25, 0.3) is 0 Å². The van der Waals surface area contributed by atoms with Crippen LogP contribution in [0.1, 0.15) is 21.1 Å². The molecule has 0 N–H and O–H groups in total. The van der Waals surface area contributed by atoms with Crippen molar-refractivity contribution in [3.05, 3.63) is 32.7 Å². The van der Waals surface area contributed by atoms with E-state index < -0.39 is 0 Å². The number of nitrogens with zero attached hydrogens (tertiary/aromatic N) is 4. The lowest BCUT2D eigenvalue weighted by Crippen LogP contribution is -1.99. The first kappa shape index (κ1) is 15.0. The van der Waals surface area contributed by atoms with E-state index in [4.69, 9.17) is 0 Å². The SMILES string of the molecule is Cc1nc(CSc2nsc(/C=C/N(C)C)c2C#N)cs1. The van der Waals surface area contributed by atoms with Gasteiger partial charge in [-0.05, 0) is 24.5 Å². The summed E-state index contributed by atoms with van der Waals surface area (Å²) >= 11 is 4.57. The summed E-state index contributed by atoms with van der Waals surface area (Å²) in [5.74, 6) is 0.750. The van der Waals surface area contributed by atoms with Crippen molar-refractivity contribution in [2.75, 3.05) is 14.1 Å². The average Bonchev–Trinajstić information content (AvgIpc) is 2.99. The van der Waals surface area contributed by atoms with Gasteiger partial charge in [0.05, 0.1) is 15.6 Å². The van der Waals surface area contributed by atoms with Crippen LogP contribution >= 0.6 is 34.6 Å². The van der Waals surface area contributed by atoms with Gasteiger partial charge >= 0.3 is 0 Å². The van der Waals surface area contributed by atoms with Crippen molar-refractivity contribution in [2.24, 2.45) is 0 Å². The molecule has 0 amide bonds. The Morgan fingerprint density at radius 3 is 2.90 bits per heavy atom. The van der Waals surface area contributed by atoms with Crippen LogP contribution in [0.3, 0.4) is 0 Å². The van der Waals surface area contributed by atoms with Crippen molar-refractivity contribution in [1.29, 1.82) is 5.26 Å². The number of thiazole rings is 1. The fourth-order valence-electron chi connectivity index (χ4n) is 1.44. The van der Waals surface area contributed by atoms with Crippen LogP contribution in [0.25, 0.3) is 6.08 Å². The van der Waals surface area contributed by atoms with Crippen LogP contribution in [-0.2, 0) is 5.75 Å².